The molecule has 0 aliphatic rings. The molecule has 0 atom stereocenters. The summed E-state index contributed by atoms with van der Waals surface area (Å²) in [5.74, 6) is -0.768. The Bertz CT molecular complexity index is 857. The van der Waals surface area contributed by atoms with Crippen molar-refractivity contribution in [1.82, 2.24) is 4.98 Å². The van der Waals surface area contributed by atoms with Gasteiger partial charge in [0.05, 0.1) is 16.5 Å². The number of aromatic nitrogens is 1. The van der Waals surface area contributed by atoms with E-state index in [1.165, 1.54) is 24.3 Å². The van der Waals surface area contributed by atoms with E-state index < -0.39 is 21.1 Å². The van der Waals surface area contributed by atoms with Crippen LogP contribution in [0.3, 0.4) is 0 Å². The molecule has 1 N–H and O–H groups in total. The van der Waals surface area contributed by atoms with E-state index in [9.17, 15) is 13.2 Å². The van der Waals surface area contributed by atoms with Crippen LogP contribution in [0.15, 0.2) is 29.1 Å². The molecule has 0 saturated heterocycles. The molecule has 9 heteroatoms. The number of hydrogen-bond acceptors (Lipinski definition) is 3. The average molecular weight is 401 g/mol. The van der Waals surface area contributed by atoms with Gasteiger partial charge in [-0.15, -0.1) is 0 Å². The van der Waals surface area contributed by atoms with Crippen LogP contribution in [-0.4, -0.2) is 13.4 Å². The van der Waals surface area contributed by atoms with E-state index in [-0.39, 0.29) is 21.5 Å². The summed E-state index contributed by atoms with van der Waals surface area (Å²) in [5.41, 5.74) is -0.140. The fraction of sp³-hybridized carbons (Fsp3) is 0.154. The van der Waals surface area contributed by atoms with Crippen molar-refractivity contribution in [2.45, 2.75) is 11.5 Å². The van der Waals surface area contributed by atoms with E-state index in [2.05, 4.69) is 4.98 Å². The number of pyridine rings is 1. The third-order valence-corrected chi connectivity index (χ3v) is 5.36. The Morgan fingerprint density at radius 1 is 0.909 bits per heavy atom. The molecule has 0 aliphatic carbocycles. The first kappa shape index (κ1) is 17.6. The second-order valence-electron chi connectivity index (χ2n) is 4.60. The van der Waals surface area contributed by atoms with E-state index in [1.54, 1.807) is 0 Å². The van der Waals surface area contributed by atoms with Gasteiger partial charge in [0.15, 0.2) is 9.84 Å². The number of hydrogen-bond donors (Lipinski definition) is 1. The smallest absolute Gasteiger partial charge is 0.253 e. The molecule has 1 aromatic heterocycles. The molecular formula is C13H9Cl4NO3S. The van der Waals surface area contributed by atoms with E-state index in [0.717, 1.165) is 0 Å². The van der Waals surface area contributed by atoms with Crippen LogP contribution >= 0.6 is 46.4 Å². The summed E-state index contributed by atoms with van der Waals surface area (Å²) in [6.45, 7) is 0. The molecule has 1 heterocycles. The summed E-state index contributed by atoms with van der Waals surface area (Å²) in [7, 11) is -3.61. The molecule has 118 valence electrons. The number of rotatable bonds is 4. The minimum Gasteiger partial charge on any atom is -0.311 e. The molecule has 0 unspecified atom stereocenters. The lowest BCUT2D eigenvalue weighted by Crippen LogP contribution is -2.18. The number of benzene rings is 1. The van der Waals surface area contributed by atoms with Gasteiger partial charge in [0.1, 0.15) is 5.15 Å². The largest absolute Gasteiger partial charge is 0.311 e. The molecule has 0 bridgehead atoms. The standard InChI is InChI=1S/C13H9Cl4NO3S/c14-9-1-7(2-10(15)4-9)5-22(20,21)6-8-3-11(16)12(17)18-13(8)19/h1-4H,5-6H2,(H,18,19). The van der Waals surface area contributed by atoms with Crippen molar-refractivity contribution in [3.8, 4) is 0 Å². The second kappa shape index (κ2) is 6.81. The Morgan fingerprint density at radius 2 is 1.50 bits per heavy atom. The lowest BCUT2D eigenvalue weighted by molar-refractivity contribution is 0.594. The lowest BCUT2D eigenvalue weighted by atomic mass is 10.2. The molecular weight excluding hydrogens is 392 g/mol. The number of sulfone groups is 1. The van der Waals surface area contributed by atoms with Gasteiger partial charge in [-0.3, -0.25) is 4.79 Å². The topological polar surface area (TPSA) is 67.0 Å². The lowest BCUT2D eigenvalue weighted by Gasteiger charge is -2.06. The second-order valence-corrected chi connectivity index (χ2v) is 8.32. The number of H-pyrrole nitrogens is 1. The Balaban J connectivity index is 2.28. The zero-order valence-corrected chi connectivity index (χ0v) is 14.7. The van der Waals surface area contributed by atoms with Crippen LogP contribution in [0.4, 0.5) is 0 Å². The number of halogens is 4. The van der Waals surface area contributed by atoms with Gasteiger partial charge in [0.2, 0.25) is 0 Å². The molecule has 0 radical (unpaired) electrons. The van der Waals surface area contributed by atoms with Crippen molar-refractivity contribution in [2.24, 2.45) is 0 Å². The van der Waals surface area contributed by atoms with Gasteiger partial charge in [-0.1, -0.05) is 46.4 Å². The molecule has 22 heavy (non-hydrogen) atoms. The molecule has 0 saturated carbocycles. The quantitative estimate of drug-likeness (QED) is 0.785. The SMILES string of the molecule is O=c1[nH]c(Cl)c(Cl)cc1CS(=O)(=O)Cc1cc(Cl)cc(Cl)c1. The highest BCUT2D eigenvalue weighted by molar-refractivity contribution is 7.89. The highest BCUT2D eigenvalue weighted by Crippen LogP contribution is 2.22. The van der Waals surface area contributed by atoms with Crippen LogP contribution in [0.5, 0.6) is 0 Å². The molecule has 0 fully saturated rings. The maximum Gasteiger partial charge on any atom is 0.253 e. The van der Waals surface area contributed by atoms with Gasteiger partial charge < -0.3 is 4.98 Å². The van der Waals surface area contributed by atoms with Crippen molar-refractivity contribution in [1.29, 1.82) is 0 Å². The van der Waals surface area contributed by atoms with Crippen LogP contribution in [0.1, 0.15) is 11.1 Å². The minimum absolute atomic E-state index is 0.0162. The van der Waals surface area contributed by atoms with Crippen molar-refractivity contribution in [3.05, 3.63) is 66.0 Å². The van der Waals surface area contributed by atoms with E-state index in [0.29, 0.717) is 15.6 Å². The minimum atomic E-state index is -3.61. The summed E-state index contributed by atoms with van der Waals surface area (Å²) in [6.07, 6.45) is 0. The van der Waals surface area contributed by atoms with Gasteiger partial charge >= 0.3 is 0 Å². The van der Waals surface area contributed by atoms with Gasteiger partial charge in [-0.25, -0.2) is 8.42 Å². The molecule has 2 rings (SSSR count). The van der Waals surface area contributed by atoms with Crippen molar-refractivity contribution in [2.75, 3.05) is 0 Å². The van der Waals surface area contributed by atoms with Gasteiger partial charge in [0, 0.05) is 15.6 Å². The molecule has 2 aromatic rings. The predicted octanol–water partition coefficient (Wildman–Crippen LogP) is 4.10. The fourth-order valence-corrected chi connectivity index (χ4v) is 4.22. The Morgan fingerprint density at radius 3 is 2.09 bits per heavy atom. The van der Waals surface area contributed by atoms with Crippen molar-refractivity contribution < 1.29 is 8.42 Å². The van der Waals surface area contributed by atoms with E-state index in [4.69, 9.17) is 46.4 Å². The molecule has 0 amide bonds. The van der Waals surface area contributed by atoms with E-state index >= 15 is 0 Å². The maximum absolute atomic E-state index is 12.2. The summed E-state index contributed by atoms with van der Waals surface area (Å²) in [4.78, 5) is 14.0. The molecule has 4 nitrogen and oxygen atoms in total. The average Bonchev–Trinajstić information content (AvgIpc) is 2.33. The highest BCUT2D eigenvalue weighted by atomic mass is 35.5. The van der Waals surface area contributed by atoms with E-state index in [1.807, 2.05) is 0 Å². The van der Waals surface area contributed by atoms with Crippen LogP contribution in [0, 0.1) is 0 Å². The van der Waals surface area contributed by atoms with Crippen LogP contribution in [0.2, 0.25) is 20.2 Å². The van der Waals surface area contributed by atoms with Crippen molar-refractivity contribution in [3.63, 3.8) is 0 Å². The molecule has 0 aliphatic heterocycles. The Kier molecular flexibility index (Phi) is 5.45. The van der Waals surface area contributed by atoms with Crippen LogP contribution in [-0.2, 0) is 21.3 Å². The first-order chi connectivity index (χ1) is 10.2. The van der Waals surface area contributed by atoms with Gasteiger partial charge in [-0.2, -0.15) is 0 Å². The normalized spacial score (nSPS) is 11.6. The summed E-state index contributed by atoms with van der Waals surface area (Å²) < 4.78 is 24.5. The Hall–Kier alpha value is -0.720. The zero-order valence-electron chi connectivity index (χ0n) is 10.9. The fourth-order valence-electron chi connectivity index (χ4n) is 1.86. The van der Waals surface area contributed by atoms with Crippen molar-refractivity contribution >= 4 is 56.2 Å². The number of aromatic amines is 1. The summed E-state index contributed by atoms with van der Waals surface area (Å²) in [5, 5.41) is 0.724. The molecule has 0 spiro atoms. The number of nitrogens with one attached hydrogen (secondary N) is 1. The monoisotopic (exact) mass is 399 g/mol. The van der Waals surface area contributed by atoms with Gasteiger partial charge in [0.25, 0.3) is 5.56 Å². The Labute approximate surface area is 146 Å². The zero-order chi connectivity index (χ0) is 16.5. The predicted molar refractivity (Wildman–Crippen MR) is 89.9 cm³/mol. The van der Waals surface area contributed by atoms with Crippen LogP contribution < -0.4 is 5.56 Å². The third kappa shape index (κ3) is 4.64. The third-order valence-electron chi connectivity index (χ3n) is 2.71. The first-order valence-corrected chi connectivity index (χ1v) is 9.22. The maximum atomic E-state index is 12.2. The first-order valence-electron chi connectivity index (χ1n) is 5.89. The van der Waals surface area contributed by atoms with Gasteiger partial charge in [-0.05, 0) is 29.8 Å². The highest BCUT2D eigenvalue weighted by Gasteiger charge is 2.17. The summed E-state index contributed by atoms with van der Waals surface area (Å²) in [6, 6.07) is 5.75. The molecule has 1 aromatic carbocycles. The summed E-state index contributed by atoms with van der Waals surface area (Å²) >= 11 is 23.1. The van der Waals surface area contributed by atoms with Crippen LogP contribution in [0.25, 0.3) is 0 Å².